The molecule has 2 unspecified atom stereocenters. The van der Waals surface area contributed by atoms with Crippen molar-refractivity contribution >= 4 is 0 Å². The van der Waals surface area contributed by atoms with Gasteiger partial charge in [-0.05, 0) is 39.2 Å². The molecule has 0 saturated heterocycles. The van der Waals surface area contributed by atoms with Gasteiger partial charge in [-0.1, -0.05) is 19.1 Å². The van der Waals surface area contributed by atoms with Gasteiger partial charge in [0, 0.05) is 13.1 Å². The van der Waals surface area contributed by atoms with Crippen LogP contribution in [0.25, 0.3) is 0 Å². The summed E-state index contributed by atoms with van der Waals surface area (Å²) in [7, 11) is 0. The number of aliphatic hydroxyl groups excluding tert-OH is 1. The van der Waals surface area contributed by atoms with Crippen molar-refractivity contribution in [2.75, 3.05) is 13.1 Å². The maximum Gasteiger partial charge on any atom is 0.296 e. The van der Waals surface area contributed by atoms with Crippen LogP contribution in [0.15, 0.2) is 29.9 Å². The third-order valence-corrected chi connectivity index (χ3v) is 4.16. The normalized spacial score (nSPS) is 17.6. The summed E-state index contributed by atoms with van der Waals surface area (Å²) >= 11 is 0. The number of nitrogens with one attached hydrogen (secondary N) is 2. The predicted molar refractivity (Wildman–Crippen MR) is 104 cm³/mol. The molecule has 2 rings (SSSR count). The van der Waals surface area contributed by atoms with Gasteiger partial charge < -0.3 is 15.5 Å². The number of aromatic nitrogens is 2. The van der Waals surface area contributed by atoms with Gasteiger partial charge in [-0.3, -0.25) is 14.7 Å². The SMILES string of the molecule is C/C=C/F.C=CCCNC(O)c1nc2n(c(=O)c1O)CCCCC2NCC. The number of allylic oxidation sites excluding steroid dienone is 1. The Labute approximate surface area is 159 Å². The summed E-state index contributed by atoms with van der Waals surface area (Å²) in [6.45, 7) is 9.02. The molecule has 1 aromatic rings. The summed E-state index contributed by atoms with van der Waals surface area (Å²) in [5, 5.41) is 26.5. The smallest absolute Gasteiger partial charge is 0.296 e. The monoisotopic (exact) mass is 382 g/mol. The van der Waals surface area contributed by atoms with Crippen LogP contribution in [0, 0.1) is 0 Å². The van der Waals surface area contributed by atoms with Gasteiger partial charge in [0.05, 0.1) is 12.4 Å². The van der Waals surface area contributed by atoms with E-state index in [1.807, 2.05) is 6.92 Å². The zero-order chi connectivity index (χ0) is 20.2. The van der Waals surface area contributed by atoms with Gasteiger partial charge in [0.2, 0.25) is 5.75 Å². The van der Waals surface area contributed by atoms with Crippen molar-refractivity contribution in [1.29, 1.82) is 0 Å². The maximum atomic E-state index is 12.5. The van der Waals surface area contributed by atoms with E-state index in [1.165, 1.54) is 10.6 Å². The highest BCUT2D eigenvalue weighted by Gasteiger charge is 2.26. The minimum absolute atomic E-state index is 0.00452. The van der Waals surface area contributed by atoms with Crippen LogP contribution >= 0.6 is 0 Å². The van der Waals surface area contributed by atoms with Crippen molar-refractivity contribution in [2.24, 2.45) is 0 Å². The molecule has 152 valence electrons. The zero-order valence-electron chi connectivity index (χ0n) is 16.1. The molecule has 1 aliphatic rings. The summed E-state index contributed by atoms with van der Waals surface area (Å²) in [4.78, 5) is 16.9. The average Bonchev–Trinajstić information content (AvgIpc) is 2.87. The molecule has 7 nitrogen and oxygen atoms in total. The largest absolute Gasteiger partial charge is 0.502 e. The lowest BCUT2D eigenvalue weighted by Crippen LogP contribution is -2.33. The zero-order valence-corrected chi connectivity index (χ0v) is 16.1. The summed E-state index contributed by atoms with van der Waals surface area (Å²) < 4.78 is 12.1. The molecule has 0 saturated carbocycles. The Hall–Kier alpha value is -2.03. The van der Waals surface area contributed by atoms with Gasteiger partial charge >= 0.3 is 0 Å². The Bertz CT molecular complexity index is 672. The van der Waals surface area contributed by atoms with E-state index < -0.39 is 17.5 Å². The molecule has 0 bridgehead atoms. The fourth-order valence-corrected chi connectivity index (χ4v) is 2.86. The third kappa shape index (κ3) is 6.57. The summed E-state index contributed by atoms with van der Waals surface area (Å²) in [5.41, 5.74) is -0.491. The molecule has 0 fully saturated rings. The highest BCUT2D eigenvalue weighted by Crippen LogP contribution is 2.25. The molecule has 0 aliphatic carbocycles. The molecular weight excluding hydrogens is 351 g/mol. The van der Waals surface area contributed by atoms with E-state index in [-0.39, 0.29) is 11.7 Å². The first-order valence-corrected chi connectivity index (χ1v) is 9.32. The van der Waals surface area contributed by atoms with Crippen LogP contribution in [0.3, 0.4) is 0 Å². The number of aliphatic hydroxyl groups is 1. The van der Waals surface area contributed by atoms with Crippen molar-refractivity contribution in [3.8, 4) is 5.75 Å². The Balaban J connectivity index is 0.000000828. The van der Waals surface area contributed by atoms with Crippen LogP contribution in [-0.2, 0) is 6.54 Å². The number of fused-ring (bicyclic) bond motifs is 1. The van der Waals surface area contributed by atoms with Crippen molar-refractivity contribution < 1.29 is 14.6 Å². The number of hydrogen-bond donors (Lipinski definition) is 4. The van der Waals surface area contributed by atoms with Crippen molar-refractivity contribution in [2.45, 2.75) is 58.3 Å². The van der Waals surface area contributed by atoms with Gasteiger partial charge in [0.15, 0.2) is 6.23 Å². The highest BCUT2D eigenvalue weighted by molar-refractivity contribution is 5.27. The molecule has 27 heavy (non-hydrogen) atoms. The average molecular weight is 382 g/mol. The van der Waals surface area contributed by atoms with E-state index in [2.05, 4.69) is 22.2 Å². The van der Waals surface area contributed by atoms with Crippen LogP contribution < -0.4 is 16.2 Å². The first-order valence-electron chi connectivity index (χ1n) is 9.32. The molecule has 2 heterocycles. The highest BCUT2D eigenvalue weighted by atomic mass is 19.1. The second-order valence-corrected chi connectivity index (χ2v) is 6.16. The Morgan fingerprint density at radius 2 is 2.19 bits per heavy atom. The fourth-order valence-electron chi connectivity index (χ4n) is 2.86. The number of aromatic hydroxyl groups is 1. The van der Waals surface area contributed by atoms with E-state index in [9.17, 15) is 19.4 Å². The van der Waals surface area contributed by atoms with E-state index in [1.54, 1.807) is 13.0 Å². The van der Waals surface area contributed by atoms with Gasteiger partial charge in [0.1, 0.15) is 11.5 Å². The molecule has 4 N–H and O–H groups in total. The minimum Gasteiger partial charge on any atom is -0.502 e. The number of rotatable bonds is 7. The first-order chi connectivity index (χ1) is 13.0. The van der Waals surface area contributed by atoms with E-state index in [4.69, 9.17) is 0 Å². The van der Waals surface area contributed by atoms with Crippen LogP contribution in [0.2, 0.25) is 0 Å². The summed E-state index contributed by atoms with van der Waals surface area (Å²) in [5.74, 6) is 0.108. The Morgan fingerprint density at radius 1 is 1.48 bits per heavy atom. The molecule has 0 spiro atoms. The number of hydrogen-bond acceptors (Lipinski definition) is 6. The molecule has 1 aliphatic heterocycles. The lowest BCUT2D eigenvalue weighted by molar-refractivity contribution is 0.130. The fraction of sp³-hybridized carbons (Fsp3) is 0.579. The maximum absolute atomic E-state index is 12.5. The third-order valence-electron chi connectivity index (χ3n) is 4.16. The topological polar surface area (TPSA) is 99.4 Å². The van der Waals surface area contributed by atoms with Crippen LogP contribution in [0.4, 0.5) is 4.39 Å². The molecule has 8 heteroatoms. The second-order valence-electron chi connectivity index (χ2n) is 6.16. The molecular formula is C19H31FN4O3. The molecule has 0 amide bonds. The van der Waals surface area contributed by atoms with Crippen molar-refractivity contribution in [3.05, 3.63) is 46.9 Å². The predicted octanol–water partition coefficient (Wildman–Crippen LogP) is 2.43. The lowest BCUT2D eigenvalue weighted by atomic mass is 10.1. The first kappa shape index (κ1) is 23.0. The van der Waals surface area contributed by atoms with Gasteiger partial charge in [-0.15, -0.1) is 6.58 Å². The molecule has 0 radical (unpaired) electrons. The van der Waals surface area contributed by atoms with E-state index in [0.717, 1.165) is 25.8 Å². The summed E-state index contributed by atoms with van der Waals surface area (Å²) in [6.07, 6.45) is 5.78. The van der Waals surface area contributed by atoms with E-state index >= 15 is 0 Å². The minimum atomic E-state index is -1.18. The lowest BCUT2D eigenvalue weighted by Gasteiger charge is -2.21. The van der Waals surface area contributed by atoms with Gasteiger partial charge in [0.25, 0.3) is 5.56 Å². The summed E-state index contributed by atoms with van der Waals surface area (Å²) in [6, 6.07) is -0.0464. The van der Waals surface area contributed by atoms with Crippen LogP contribution in [0.1, 0.15) is 63.3 Å². The molecule has 2 atom stereocenters. The van der Waals surface area contributed by atoms with Gasteiger partial charge in [-0.25, -0.2) is 9.37 Å². The number of nitrogens with zero attached hydrogens (tertiary/aromatic N) is 2. The van der Waals surface area contributed by atoms with E-state index in [0.29, 0.717) is 31.7 Å². The molecule has 0 aromatic carbocycles. The van der Waals surface area contributed by atoms with Crippen molar-refractivity contribution in [3.63, 3.8) is 0 Å². The van der Waals surface area contributed by atoms with Gasteiger partial charge in [-0.2, -0.15) is 0 Å². The van der Waals surface area contributed by atoms with Crippen LogP contribution in [-0.4, -0.2) is 32.9 Å². The van der Waals surface area contributed by atoms with Crippen molar-refractivity contribution in [1.82, 2.24) is 20.2 Å². The number of halogens is 1. The second kappa shape index (κ2) is 12.4. The molecule has 1 aromatic heterocycles. The van der Waals surface area contributed by atoms with Crippen LogP contribution in [0.5, 0.6) is 5.75 Å². The Kier molecular flexibility index (Phi) is 10.5. The quantitative estimate of drug-likeness (QED) is 0.328. The Morgan fingerprint density at radius 3 is 2.78 bits per heavy atom. The standard InChI is InChI=1S/C16H26N4O3.C3H5F/c1-3-5-9-18-15(22)12-13(21)16(23)20-10-7-6-8-11(17-4-2)14(20)19-12;1-2-3-4/h3,11,15,17-18,21-22H,1,4-10H2,2H3;2-3H,1H3/b;3-2+.